The third-order valence-electron chi connectivity index (χ3n) is 4.80. The summed E-state index contributed by atoms with van der Waals surface area (Å²) < 4.78 is 0. The largest absolute Gasteiger partial charge is 0.322 e. The summed E-state index contributed by atoms with van der Waals surface area (Å²) in [5.74, 6) is 0.365. The van der Waals surface area contributed by atoms with Crippen molar-refractivity contribution in [3.63, 3.8) is 0 Å². The second-order valence-corrected chi connectivity index (χ2v) is 8.30. The Hall–Kier alpha value is -2.76. The molecule has 1 atom stereocenters. The van der Waals surface area contributed by atoms with Crippen LogP contribution in [0.15, 0.2) is 72.8 Å². The number of amides is 2. The maximum absolute atomic E-state index is 12.5. The van der Waals surface area contributed by atoms with Crippen molar-refractivity contribution in [2.45, 2.75) is 12.3 Å². The van der Waals surface area contributed by atoms with Crippen molar-refractivity contribution in [1.29, 1.82) is 0 Å². The third-order valence-corrected chi connectivity index (χ3v) is 6.27. The molecule has 1 aliphatic heterocycles. The number of rotatable bonds is 4. The summed E-state index contributed by atoms with van der Waals surface area (Å²) in [6.07, 6.45) is 0. The summed E-state index contributed by atoms with van der Waals surface area (Å²) in [6.45, 7) is 2.01. The minimum absolute atomic E-state index is 0.0791. The molecule has 0 spiro atoms. The van der Waals surface area contributed by atoms with Crippen LogP contribution in [0.5, 0.6) is 0 Å². The number of halogens is 1. The van der Waals surface area contributed by atoms with Crippen LogP contribution in [-0.4, -0.2) is 17.6 Å². The van der Waals surface area contributed by atoms with Crippen LogP contribution < -0.4 is 10.2 Å². The first-order valence-corrected chi connectivity index (χ1v) is 10.6. The lowest BCUT2D eigenvalue weighted by atomic mass is 10.1. The first kappa shape index (κ1) is 19.6. The number of hydrogen-bond acceptors (Lipinski definition) is 3. The number of para-hydroxylation sites is 1. The summed E-state index contributed by atoms with van der Waals surface area (Å²) >= 11 is 7.48. The van der Waals surface area contributed by atoms with Gasteiger partial charge in [-0.05, 0) is 60.5 Å². The van der Waals surface area contributed by atoms with Gasteiger partial charge in [0.15, 0.2) is 0 Å². The molecule has 1 N–H and O–H groups in total. The van der Waals surface area contributed by atoms with Gasteiger partial charge in [0.1, 0.15) is 5.37 Å². The standard InChI is InChI=1S/C23H19ClN2O2S/c1-15-4-2-3-5-20(15)26-21(27)14-29-23(26)17-8-12-19(13-9-17)25-22(28)16-6-10-18(24)11-7-16/h2-13,23H,14H2,1H3,(H,25,28)/t23-/m1/s1. The fourth-order valence-electron chi connectivity index (χ4n) is 3.30. The Bertz CT molecular complexity index is 1050. The van der Waals surface area contributed by atoms with Gasteiger partial charge in [-0.25, -0.2) is 0 Å². The number of nitrogens with one attached hydrogen (secondary N) is 1. The maximum Gasteiger partial charge on any atom is 0.255 e. The molecular weight excluding hydrogens is 404 g/mol. The molecule has 4 nitrogen and oxygen atoms in total. The van der Waals surface area contributed by atoms with E-state index in [1.165, 1.54) is 0 Å². The van der Waals surface area contributed by atoms with Gasteiger partial charge in [0.2, 0.25) is 5.91 Å². The molecule has 0 saturated carbocycles. The van der Waals surface area contributed by atoms with Crippen molar-refractivity contribution in [2.24, 2.45) is 0 Å². The van der Waals surface area contributed by atoms with Crippen LogP contribution in [0.2, 0.25) is 5.02 Å². The monoisotopic (exact) mass is 422 g/mol. The summed E-state index contributed by atoms with van der Waals surface area (Å²) in [5, 5.41) is 3.40. The van der Waals surface area contributed by atoms with Gasteiger partial charge in [0.25, 0.3) is 5.91 Å². The number of anilines is 2. The molecule has 0 radical (unpaired) electrons. The van der Waals surface area contributed by atoms with Crippen LogP contribution in [0.3, 0.4) is 0 Å². The SMILES string of the molecule is Cc1ccccc1N1C(=O)CS[C@@H]1c1ccc(NC(=O)c2ccc(Cl)cc2)cc1. The fourth-order valence-corrected chi connectivity index (χ4v) is 4.60. The second-order valence-electron chi connectivity index (χ2n) is 6.80. The second kappa shape index (κ2) is 8.31. The van der Waals surface area contributed by atoms with Gasteiger partial charge in [0.05, 0.1) is 5.75 Å². The Balaban J connectivity index is 1.52. The number of benzene rings is 3. The minimum atomic E-state index is -0.193. The topological polar surface area (TPSA) is 49.4 Å². The highest BCUT2D eigenvalue weighted by Gasteiger charge is 2.34. The molecule has 1 fully saturated rings. The number of thioether (sulfide) groups is 1. The van der Waals surface area contributed by atoms with Gasteiger partial charge in [-0.2, -0.15) is 0 Å². The Morgan fingerprint density at radius 1 is 1.03 bits per heavy atom. The van der Waals surface area contributed by atoms with E-state index in [0.29, 0.717) is 22.0 Å². The van der Waals surface area contributed by atoms with E-state index in [9.17, 15) is 9.59 Å². The van der Waals surface area contributed by atoms with Gasteiger partial charge < -0.3 is 5.32 Å². The lowest BCUT2D eigenvalue weighted by Crippen LogP contribution is -2.28. The molecule has 0 unspecified atom stereocenters. The molecular formula is C23H19ClN2O2S. The van der Waals surface area contributed by atoms with Crippen LogP contribution in [0.4, 0.5) is 11.4 Å². The number of carbonyl (C=O) groups excluding carboxylic acids is 2. The van der Waals surface area contributed by atoms with Crippen LogP contribution in [0.25, 0.3) is 0 Å². The van der Waals surface area contributed by atoms with E-state index in [4.69, 9.17) is 11.6 Å². The Morgan fingerprint density at radius 2 is 1.72 bits per heavy atom. The van der Waals surface area contributed by atoms with Crippen molar-refractivity contribution < 1.29 is 9.59 Å². The zero-order chi connectivity index (χ0) is 20.4. The Labute approximate surface area is 178 Å². The van der Waals surface area contributed by atoms with Crippen molar-refractivity contribution in [2.75, 3.05) is 16.0 Å². The van der Waals surface area contributed by atoms with Crippen molar-refractivity contribution in [3.8, 4) is 0 Å². The smallest absolute Gasteiger partial charge is 0.255 e. The molecule has 0 bridgehead atoms. The van der Waals surface area contributed by atoms with E-state index in [2.05, 4.69) is 5.32 Å². The average Bonchev–Trinajstić information content (AvgIpc) is 3.10. The molecule has 0 aliphatic carbocycles. The molecule has 6 heteroatoms. The van der Waals surface area contributed by atoms with E-state index >= 15 is 0 Å². The lowest BCUT2D eigenvalue weighted by Gasteiger charge is -2.26. The van der Waals surface area contributed by atoms with Crippen molar-refractivity contribution >= 4 is 46.6 Å². The zero-order valence-corrected chi connectivity index (χ0v) is 17.3. The van der Waals surface area contributed by atoms with Crippen LogP contribution in [0.1, 0.15) is 26.9 Å². The first-order valence-electron chi connectivity index (χ1n) is 9.19. The fraction of sp³-hybridized carbons (Fsp3) is 0.130. The molecule has 2 amide bonds. The Kier molecular flexibility index (Phi) is 5.60. The van der Waals surface area contributed by atoms with Gasteiger partial charge in [0, 0.05) is 22.0 Å². The summed E-state index contributed by atoms with van der Waals surface area (Å²) in [7, 11) is 0. The van der Waals surface area contributed by atoms with E-state index < -0.39 is 0 Å². The van der Waals surface area contributed by atoms with Gasteiger partial charge in [-0.15, -0.1) is 11.8 Å². The number of nitrogens with zero attached hydrogens (tertiary/aromatic N) is 1. The normalized spacial score (nSPS) is 16.1. The molecule has 146 valence electrons. The highest BCUT2D eigenvalue weighted by Crippen LogP contribution is 2.42. The minimum Gasteiger partial charge on any atom is -0.322 e. The van der Waals surface area contributed by atoms with E-state index in [1.807, 2.05) is 60.4 Å². The molecule has 0 aromatic heterocycles. The summed E-state index contributed by atoms with van der Waals surface area (Å²) in [6, 6.07) is 22.3. The molecule has 3 aromatic carbocycles. The van der Waals surface area contributed by atoms with E-state index in [0.717, 1.165) is 16.8 Å². The highest BCUT2D eigenvalue weighted by atomic mass is 35.5. The predicted octanol–water partition coefficient (Wildman–Crippen LogP) is 5.68. The molecule has 4 rings (SSSR count). The summed E-state index contributed by atoms with van der Waals surface area (Å²) in [5.41, 5.74) is 4.27. The van der Waals surface area contributed by atoms with Crippen LogP contribution in [0, 0.1) is 6.92 Å². The molecule has 1 aliphatic rings. The van der Waals surface area contributed by atoms with E-state index in [1.54, 1.807) is 36.0 Å². The summed E-state index contributed by atoms with van der Waals surface area (Å²) in [4.78, 5) is 26.8. The van der Waals surface area contributed by atoms with E-state index in [-0.39, 0.29) is 17.2 Å². The number of carbonyl (C=O) groups is 2. The van der Waals surface area contributed by atoms with Crippen molar-refractivity contribution in [3.05, 3.63) is 94.5 Å². The number of aryl methyl sites for hydroxylation is 1. The quantitative estimate of drug-likeness (QED) is 0.588. The average molecular weight is 423 g/mol. The van der Waals surface area contributed by atoms with Crippen LogP contribution >= 0.6 is 23.4 Å². The lowest BCUT2D eigenvalue weighted by molar-refractivity contribution is -0.115. The van der Waals surface area contributed by atoms with Gasteiger partial charge >= 0.3 is 0 Å². The zero-order valence-electron chi connectivity index (χ0n) is 15.8. The molecule has 3 aromatic rings. The highest BCUT2D eigenvalue weighted by molar-refractivity contribution is 8.00. The number of hydrogen-bond donors (Lipinski definition) is 1. The Morgan fingerprint density at radius 3 is 2.41 bits per heavy atom. The third kappa shape index (κ3) is 4.16. The van der Waals surface area contributed by atoms with Gasteiger partial charge in [-0.1, -0.05) is 41.9 Å². The maximum atomic E-state index is 12.5. The van der Waals surface area contributed by atoms with Gasteiger partial charge in [-0.3, -0.25) is 14.5 Å². The van der Waals surface area contributed by atoms with Crippen LogP contribution in [-0.2, 0) is 4.79 Å². The molecule has 1 heterocycles. The first-order chi connectivity index (χ1) is 14.0. The molecule has 29 heavy (non-hydrogen) atoms. The molecule has 1 saturated heterocycles. The predicted molar refractivity (Wildman–Crippen MR) is 120 cm³/mol. The van der Waals surface area contributed by atoms with Crippen molar-refractivity contribution in [1.82, 2.24) is 0 Å².